The highest BCUT2D eigenvalue weighted by Gasteiger charge is 2.22. The second-order valence-corrected chi connectivity index (χ2v) is 6.68. The van der Waals surface area contributed by atoms with E-state index < -0.39 is 0 Å². The lowest BCUT2D eigenvalue weighted by atomic mass is 10.0. The Labute approximate surface area is 154 Å². The molecule has 0 unspecified atom stereocenters. The summed E-state index contributed by atoms with van der Waals surface area (Å²) in [6.45, 7) is 2.88. The third-order valence-corrected chi connectivity index (χ3v) is 4.93. The van der Waals surface area contributed by atoms with Crippen LogP contribution in [0.5, 0.6) is 0 Å². The highest BCUT2D eigenvalue weighted by molar-refractivity contribution is 5.86. The number of nitrogens with zero attached hydrogens (tertiary/aromatic N) is 2. The van der Waals surface area contributed by atoms with E-state index in [0.29, 0.717) is 39.1 Å². The first-order valence-corrected chi connectivity index (χ1v) is 9.20. The summed E-state index contributed by atoms with van der Waals surface area (Å²) in [5.74, 6) is 0.227. The smallest absolute Gasteiger partial charge is 0.224 e. The lowest BCUT2D eigenvalue weighted by Gasteiger charge is -2.25. The van der Waals surface area contributed by atoms with E-state index in [-0.39, 0.29) is 11.8 Å². The maximum Gasteiger partial charge on any atom is 0.224 e. The molecule has 1 heterocycles. The number of amides is 2. The van der Waals surface area contributed by atoms with Gasteiger partial charge in [0.2, 0.25) is 11.8 Å². The molecule has 1 aliphatic rings. The highest BCUT2D eigenvalue weighted by atomic mass is 16.5. The normalized spacial score (nSPS) is 14.2. The number of methoxy groups -OCH3 is 1. The zero-order valence-corrected chi connectivity index (χ0v) is 15.3. The van der Waals surface area contributed by atoms with Crippen molar-refractivity contribution >= 4 is 22.6 Å². The van der Waals surface area contributed by atoms with Gasteiger partial charge in [0.25, 0.3) is 0 Å². The summed E-state index contributed by atoms with van der Waals surface area (Å²) in [5.41, 5.74) is 1.13. The predicted octanol–water partition coefficient (Wildman–Crippen LogP) is 2.83. The Kier molecular flexibility index (Phi) is 6.23. The standard InChI is InChI=1S/C21H26N2O3/c1-26-15-14-23(21(25)11-13-22-12-5-10-20(22)24)16-18-8-4-7-17-6-2-3-9-19(17)18/h2-4,6-9H,5,10-16H2,1H3. The highest BCUT2D eigenvalue weighted by Crippen LogP contribution is 2.20. The quantitative estimate of drug-likeness (QED) is 0.732. The summed E-state index contributed by atoms with van der Waals surface area (Å²) < 4.78 is 5.18. The minimum absolute atomic E-state index is 0.0645. The molecule has 0 aliphatic carbocycles. The van der Waals surface area contributed by atoms with Crippen molar-refractivity contribution in [2.45, 2.75) is 25.8 Å². The van der Waals surface area contributed by atoms with Crippen molar-refractivity contribution in [2.75, 3.05) is 33.4 Å². The van der Waals surface area contributed by atoms with Gasteiger partial charge in [-0.1, -0.05) is 42.5 Å². The zero-order valence-electron chi connectivity index (χ0n) is 15.3. The van der Waals surface area contributed by atoms with E-state index in [9.17, 15) is 9.59 Å². The predicted molar refractivity (Wildman–Crippen MR) is 102 cm³/mol. The Morgan fingerprint density at radius 3 is 2.77 bits per heavy atom. The van der Waals surface area contributed by atoms with Crippen LogP contribution in [-0.2, 0) is 20.9 Å². The number of carbonyl (C=O) groups is 2. The van der Waals surface area contributed by atoms with Crippen molar-refractivity contribution in [1.82, 2.24) is 9.80 Å². The van der Waals surface area contributed by atoms with E-state index in [1.807, 2.05) is 23.1 Å². The molecule has 5 nitrogen and oxygen atoms in total. The van der Waals surface area contributed by atoms with Gasteiger partial charge in [-0.05, 0) is 22.8 Å². The summed E-state index contributed by atoms with van der Waals surface area (Å²) in [7, 11) is 1.64. The number of hydrogen-bond acceptors (Lipinski definition) is 3. The van der Waals surface area contributed by atoms with Crippen LogP contribution in [0.1, 0.15) is 24.8 Å². The fourth-order valence-electron chi connectivity index (χ4n) is 3.46. The van der Waals surface area contributed by atoms with Crippen LogP contribution >= 0.6 is 0 Å². The molecular formula is C21H26N2O3. The summed E-state index contributed by atoms with van der Waals surface area (Å²) in [6.07, 6.45) is 1.87. The minimum atomic E-state index is 0.0645. The van der Waals surface area contributed by atoms with Crippen LogP contribution in [-0.4, -0.2) is 55.0 Å². The number of benzene rings is 2. The van der Waals surface area contributed by atoms with Gasteiger partial charge >= 0.3 is 0 Å². The molecule has 0 aromatic heterocycles. The van der Waals surface area contributed by atoms with Crippen molar-refractivity contribution in [3.63, 3.8) is 0 Å². The van der Waals surface area contributed by atoms with Crippen LogP contribution in [0.25, 0.3) is 10.8 Å². The molecule has 5 heteroatoms. The van der Waals surface area contributed by atoms with Gasteiger partial charge in [0.05, 0.1) is 6.61 Å². The molecule has 0 bridgehead atoms. The number of ether oxygens (including phenoxy) is 1. The van der Waals surface area contributed by atoms with E-state index >= 15 is 0 Å². The summed E-state index contributed by atoms with van der Waals surface area (Å²) in [4.78, 5) is 28.2. The molecule has 0 atom stereocenters. The van der Waals surface area contributed by atoms with E-state index in [1.54, 1.807) is 12.0 Å². The lowest BCUT2D eigenvalue weighted by molar-refractivity contribution is -0.134. The Morgan fingerprint density at radius 1 is 1.19 bits per heavy atom. The summed E-state index contributed by atoms with van der Waals surface area (Å²) >= 11 is 0. The first-order valence-electron chi connectivity index (χ1n) is 9.20. The van der Waals surface area contributed by atoms with E-state index in [0.717, 1.165) is 18.5 Å². The van der Waals surface area contributed by atoms with Gasteiger partial charge in [-0.3, -0.25) is 9.59 Å². The SMILES string of the molecule is COCCN(Cc1cccc2ccccc12)C(=O)CCN1CCCC1=O. The zero-order chi connectivity index (χ0) is 18.4. The van der Waals surface area contributed by atoms with Gasteiger partial charge in [0, 0.05) is 46.1 Å². The fraction of sp³-hybridized carbons (Fsp3) is 0.429. The molecule has 0 saturated carbocycles. The monoisotopic (exact) mass is 354 g/mol. The fourth-order valence-corrected chi connectivity index (χ4v) is 3.46. The molecule has 2 aromatic rings. The number of rotatable bonds is 8. The summed E-state index contributed by atoms with van der Waals surface area (Å²) in [6, 6.07) is 14.4. The van der Waals surface area contributed by atoms with Crippen LogP contribution in [0, 0.1) is 0 Å². The Balaban J connectivity index is 1.70. The first kappa shape index (κ1) is 18.4. The topological polar surface area (TPSA) is 49.9 Å². The van der Waals surface area contributed by atoms with Gasteiger partial charge in [-0.2, -0.15) is 0 Å². The van der Waals surface area contributed by atoms with Gasteiger partial charge in [-0.25, -0.2) is 0 Å². The van der Waals surface area contributed by atoms with Gasteiger partial charge in [-0.15, -0.1) is 0 Å². The maximum atomic E-state index is 12.8. The largest absolute Gasteiger partial charge is 0.383 e. The van der Waals surface area contributed by atoms with E-state index in [1.165, 1.54) is 10.8 Å². The molecule has 138 valence electrons. The summed E-state index contributed by atoms with van der Waals surface area (Å²) in [5, 5.41) is 2.34. The van der Waals surface area contributed by atoms with Gasteiger partial charge in [0.15, 0.2) is 0 Å². The van der Waals surface area contributed by atoms with E-state index in [2.05, 4.69) is 24.3 Å². The second-order valence-electron chi connectivity index (χ2n) is 6.68. The van der Waals surface area contributed by atoms with Crippen molar-refractivity contribution in [1.29, 1.82) is 0 Å². The molecule has 3 rings (SSSR count). The van der Waals surface area contributed by atoms with E-state index in [4.69, 9.17) is 4.74 Å². The van der Waals surface area contributed by atoms with Crippen LogP contribution in [0.2, 0.25) is 0 Å². The molecule has 0 N–H and O–H groups in total. The average molecular weight is 354 g/mol. The molecule has 0 spiro atoms. The second kappa shape index (κ2) is 8.81. The van der Waals surface area contributed by atoms with Crippen LogP contribution in [0.3, 0.4) is 0 Å². The Morgan fingerprint density at radius 2 is 2.00 bits per heavy atom. The van der Waals surface area contributed by atoms with Gasteiger partial charge in [0.1, 0.15) is 0 Å². The minimum Gasteiger partial charge on any atom is -0.383 e. The molecule has 26 heavy (non-hydrogen) atoms. The number of likely N-dealkylation sites (tertiary alicyclic amines) is 1. The number of fused-ring (bicyclic) bond motifs is 1. The van der Waals surface area contributed by atoms with Crippen molar-refractivity contribution in [3.05, 3.63) is 48.0 Å². The third-order valence-electron chi connectivity index (χ3n) is 4.93. The van der Waals surface area contributed by atoms with Crippen LogP contribution in [0.15, 0.2) is 42.5 Å². The number of carbonyl (C=O) groups excluding carboxylic acids is 2. The number of hydrogen-bond donors (Lipinski definition) is 0. The van der Waals surface area contributed by atoms with Crippen LogP contribution < -0.4 is 0 Å². The van der Waals surface area contributed by atoms with Gasteiger partial charge < -0.3 is 14.5 Å². The maximum absolute atomic E-state index is 12.8. The van der Waals surface area contributed by atoms with Crippen molar-refractivity contribution in [3.8, 4) is 0 Å². The lowest BCUT2D eigenvalue weighted by Crippen LogP contribution is -2.36. The molecule has 1 fully saturated rings. The molecule has 1 aliphatic heterocycles. The Bertz CT molecular complexity index is 769. The first-order chi connectivity index (χ1) is 12.7. The van der Waals surface area contributed by atoms with Crippen molar-refractivity contribution in [2.24, 2.45) is 0 Å². The average Bonchev–Trinajstić information content (AvgIpc) is 3.08. The molecule has 0 radical (unpaired) electrons. The molecular weight excluding hydrogens is 328 g/mol. The third kappa shape index (κ3) is 4.41. The van der Waals surface area contributed by atoms with Crippen LogP contribution in [0.4, 0.5) is 0 Å². The Hall–Kier alpha value is -2.40. The molecule has 2 aromatic carbocycles. The van der Waals surface area contributed by atoms with Crippen molar-refractivity contribution < 1.29 is 14.3 Å². The molecule has 1 saturated heterocycles. The molecule has 2 amide bonds.